The van der Waals surface area contributed by atoms with E-state index in [9.17, 15) is 0 Å². The normalized spacial score (nSPS) is 9.75. The lowest BCUT2D eigenvalue weighted by atomic mass is 10.8. The second-order valence-corrected chi connectivity index (χ2v) is 2.97. The molecule has 0 atom stereocenters. The second kappa shape index (κ2) is 5.06. The molecule has 0 aliphatic carbocycles. The summed E-state index contributed by atoms with van der Waals surface area (Å²) in [6, 6.07) is 0. The van der Waals surface area contributed by atoms with Gasteiger partial charge in [0.15, 0.2) is 0 Å². The van der Waals surface area contributed by atoms with Gasteiger partial charge in [0, 0.05) is 0 Å². The van der Waals surface area contributed by atoms with E-state index in [-0.39, 0.29) is 6.61 Å². The molecule has 0 aliphatic rings. The number of quaternary nitrogens is 1. The van der Waals surface area contributed by atoms with Gasteiger partial charge in [0.1, 0.15) is 0 Å². The highest BCUT2D eigenvalue weighted by atomic mass is 16.2. The summed E-state index contributed by atoms with van der Waals surface area (Å²) < 4.78 is 1.00. The Bertz CT molecular complexity index is 32.3. The van der Waals surface area contributed by atoms with E-state index in [1.807, 2.05) is 0 Å². The summed E-state index contributed by atoms with van der Waals surface area (Å²) in [6.45, 7) is 1.57. The Kier molecular flexibility index (Phi) is 6.85. The molecule has 0 fully saturated rings. The zero-order valence-corrected chi connectivity index (χ0v) is 6.56. The lowest BCUT2D eigenvalue weighted by Gasteiger charge is -2.14. The van der Waals surface area contributed by atoms with Crippen LogP contribution in [0.3, 0.4) is 0 Å². The summed E-state index contributed by atoms with van der Waals surface area (Å²) >= 11 is 0. The van der Waals surface area contributed by atoms with Crippen molar-refractivity contribution in [3.8, 4) is 0 Å². The Balaban J connectivity index is 0. The fourth-order valence-electron chi connectivity index (χ4n) is 0. The number of hydrogen-bond donors (Lipinski definition) is 0. The molecule has 0 heterocycles. The van der Waals surface area contributed by atoms with Crippen LogP contribution in [0.5, 0.6) is 0 Å². The van der Waals surface area contributed by atoms with Crippen LogP contribution in [0.1, 0.15) is 6.92 Å². The molecule has 0 spiro atoms. The minimum Gasteiger partial charge on any atom is -0.855 e. The van der Waals surface area contributed by atoms with Gasteiger partial charge in [-0.3, -0.25) is 0 Å². The molecule has 0 rings (SSSR count). The summed E-state index contributed by atoms with van der Waals surface area (Å²) in [5, 5.41) is 8.93. The van der Waals surface area contributed by atoms with Gasteiger partial charge < -0.3 is 9.59 Å². The van der Waals surface area contributed by atoms with Crippen molar-refractivity contribution in [3.63, 3.8) is 0 Å². The van der Waals surface area contributed by atoms with Crippen molar-refractivity contribution < 1.29 is 9.59 Å². The van der Waals surface area contributed by atoms with E-state index in [1.165, 1.54) is 0 Å². The van der Waals surface area contributed by atoms with Crippen molar-refractivity contribution in [1.82, 2.24) is 0 Å². The molecule has 0 radical (unpaired) electrons. The Hall–Kier alpha value is -0.0800. The van der Waals surface area contributed by atoms with Gasteiger partial charge in [-0.1, -0.05) is 6.92 Å². The molecule has 2 nitrogen and oxygen atoms in total. The maximum Gasteiger partial charge on any atom is 0.0675 e. The Morgan fingerprint density at radius 1 is 1.12 bits per heavy atom. The smallest absolute Gasteiger partial charge is 0.0675 e. The standard InChI is InChI=1S/C4H12N.C2H5O/c1-5(2,3)4;1-2-3/h1-4H3;2H2,1H3/q+1;-1. The summed E-state index contributed by atoms with van der Waals surface area (Å²) in [7, 11) is 8.50. The monoisotopic (exact) mass is 119 g/mol. The SMILES string of the molecule is CC[O-].C[N+](C)(C)C. The van der Waals surface area contributed by atoms with E-state index in [2.05, 4.69) is 28.2 Å². The van der Waals surface area contributed by atoms with Crippen LogP contribution in [0.4, 0.5) is 0 Å². The molecule has 0 saturated heterocycles. The number of rotatable bonds is 0. The van der Waals surface area contributed by atoms with Crippen LogP contribution in [0, 0.1) is 0 Å². The molecule has 0 aromatic heterocycles. The Labute approximate surface area is 52.3 Å². The van der Waals surface area contributed by atoms with Gasteiger partial charge in [0.2, 0.25) is 0 Å². The summed E-state index contributed by atoms with van der Waals surface area (Å²) in [6.07, 6.45) is 0. The van der Waals surface area contributed by atoms with Gasteiger partial charge in [0.05, 0.1) is 28.2 Å². The molecule has 0 N–H and O–H groups in total. The zero-order chi connectivity index (χ0) is 7.21. The molecule has 0 amide bonds. The lowest BCUT2D eigenvalue weighted by molar-refractivity contribution is -0.849. The number of hydrogen-bond acceptors (Lipinski definition) is 1. The van der Waals surface area contributed by atoms with Gasteiger partial charge in [-0.05, 0) is 0 Å². The molecule has 0 unspecified atom stereocenters. The maximum atomic E-state index is 8.93. The molecule has 0 aromatic rings. The summed E-state index contributed by atoms with van der Waals surface area (Å²) in [5.41, 5.74) is 0. The molecule has 8 heavy (non-hydrogen) atoms. The van der Waals surface area contributed by atoms with Crippen molar-refractivity contribution >= 4 is 0 Å². The first kappa shape index (κ1) is 10.8. The predicted molar refractivity (Wildman–Crippen MR) is 34.5 cm³/mol. The van der Waals surface area contributed by atoms with E-state index in [1.54, 1.807) is 6.92 Å². The largest absolute Gasteiger partial charge is 0.855 e. The minimum atomic E-state index is 0. The first-order chi connectivity index (χ1) is 3.41. The highest BCUT2D eigenvalue weighted by molar-refractivity contribution is 3.87. The highest BCUT2D eigenvalue weighted by Crippen LogP contribution is 1.73. The van der Waals surface area contributed by atoms with Crippen molar-refractivity contribution in [2.45, 2.75) is 6.92 Å². The van der Waals surface area contributed by atoms with Gasteiger partial charge in [-0.15, -0.1) is 6.61 Å². The van der Waals surface area contributed by atoms with Crippen LogP contribution in [-0.4, -0.2) is 39.3 Å². The quantitative estimate of drug-likeness (QED) is 0.401. The van der Waals surface area contributed by atoms with E-state index in [0.29, 0.717) is 0 Å². The lowest BCUT2D eigenvalue weighted by Crippen LogP contribution is -2.27. The molecule has 0 bridgehead atoms. The fraction of sp³-hybridized carbons (Fsp3) is 1.00. The third-order valence-electron chi connectivity index (χ3n) is 0. The number of nitrogens with zero attached hydrogens (tertiary/aromatic N) is 1. The first-order valence-electron chi connectivity index (χ1n) is 2.78. The van der Waals surface area contributed by atoms with Crippen LogP contribution >= 0.6 is 0 Å². The maximum absolute atomic E-state index is 8.93. The predicted octanol–water partition coefficient (Wildman–Crippen LogP) is -0.311. The fourth-order valence-corrected chi connectivity index (χ4v) is 0. The summed E-state index contributed by atoms with van der Waals surface area (Å²) in [4.78, 5) is 0. The molecule has 52 valence electrons. The van der Waals surface area contributed by atoms with Crippen LogP contribution in [-0.2, 0) is 0 Å². The van der Waals surface area contributed by atoms with Crippen LogP contribution in [0.15, 0.2) is 0 Å². The average molecular weight is 119 g/mol. The molecule has 0 saturated carbocycles. The van der Waals surface area contributed by atoms with E-state index in [0.717, 1.165) is 4.48 Å². The van der Waals surface area contributed by atoms with Crippen LogP contribution in [0.2, 0.25) is 0 Å². The zero-order valence-electron chi connectivity index (χ0n) is 6.56. The van der Waals surface area contributed by atoms with Gasteiger partial charge >= 0.3 is 0 Å². The first-order valence-corrected chi connectivity index (χ1v) is 2.78. The van der Waals surface area contributed by atoms with Crippen LogP contribution in [0.25, 0.3) is 0 Å². The minimum absolute atomic E-state index is 0. The van der Waals surface area contributed by atoms with E-state index in [4.69, 9.17) is 5.11 Å². The molecule has 0 aromatic carbocycles. The van der Waals surface area contributed by atoms with Gasteiger partial charge in [-0.25, -0.2) is 0 Å². The van der Waals surface area contributed by atoms with Crippen molar-refractivity contribution in [3.05, 3.63) is 0 Å². The molecular weight excluding hydrogens is 102 g/mol. The molecular formula is C6H17NO. The van der Waals surface area contributed by atoms with Crippen molar-refractivity contribution in [2.75, 3.05) is 34.8 Å². The topological polar surface area (TPSA) is 23.1 Å². The third kappa shape index (κ3) is 22400. The Morgan fingerprint density at radius 3 is 1.12 bits per heavy atom. The van der Waals surface area contributed by atoms with E-state index >= 15 is 0 Å². The van der Waals surface area contributed by atoms with Crippen molar-refractivity contribution in [2.24, 2.45) is 0 Å². The highest BCUT2D eigenvalue weighted by Gasteiger charge is 1.88. The second-order valence-electron chi connectivity index (χ2n) is 2.97. The summed E-state index contributed by atoms with van der Waals surface area (Å²) in [5.74, 6) is 0. The molecule has 2 heteroatoms. The van der Waals surface area contributed by atoms with Crippen molar-refractivity contribution in [1.29, 1.82) is 0 Å². The van der Waals surface area contributed by atoms with Gasteiger partial charge in [0.25, 0.3) is 0 Å². The van der Waals surface area contributed by atoms with Crippen LogP contribution < -0.4 is 5.11 Å². The Morgan fingerprint density at radius 2 is 1.12 bits per heavy atom. The third-order valence-corrected chi connectivity index (χ3v) is 0. The van der Waals surface area contributed by atoms with E-state index < -0.39 is 0 Å². The molecule has 0 aliphatic heterocycles. The average Bonchev–Trinajstić information content (AvgIpc) is 1.27. The van der Waals surface area contributed by atoms with Gasteiger partial charge in [-0.2, -0.15) is 0 Å².